The van der Waals surface area contributed by atoms with Crippen LogP contribution in [0.2, 0.25) is 0 Å². The van der Waals surface area contributed by atoms with E-state index in [1.165, 1.54) is 35.5 Å². The van der Waals surface area contributed by atoms with E-state index in [9.17, 15) is 23.3 Å². The van der Waals surface area contributed by atoms with Gasteiger partial charge < -0.3 is 4.74 Å². The Balaban J connectivity index is 2.41. The van der Waals surface area contributed by atoms with E-state index in [1.807, 2.05) is 0 Å². The Morgan fingerprint density at radius 2 is 1.70 bits per heavy atom. The van der Waals surface area contributed by atoms with E-state index >= 15 is 0 Å². The molecule has 144 valence electrons. The Morgan fingerprint density at radius 3 is 2.19 bits per heavy atom. The molecule has 9 heteroatoms. The van der Waals surface area contributed by atoms with Crippen molar-refractivity contribution in [2.75, 3.05) is 13.1 Å². The van der Waals surface area contributed by atoms with Gasteiger partial charge in [0.05, 0.1) is 9.82 Å². The van der Waals surface area contributed by atoms with E-state index < -0.39 is 20.6 Å². The zero-order valence-corrected chi connectivity index (χ0v) is 16.0. The molecule has 0 saturated heterocycles. The number of rotatable bonds is 8. The van der Waals surface area contributed by atoms with Gasteiger partial charge in [-0.25, -0.2) is 8.42 Å². The first-order valence-corrected chi connectivity index (χ1v) is 9.72. The quantitative estimate of drug-likeness (QED) is 0.386. The number of hydrogen-bond acceptors (Lipinski definition) is 6. The molecular formula is C18H20N2O6S. The lowest BCUT2D eigenvalue weighted by molar-refractivity contribution is -0.385. The number of benzene rings is 2. The van der Waals surface area contributed by atoms with Crippen LogP contribution >= 0.6 is 0 Å². The molecule has 0 radical (unpaired) electrons. The monoisotopic (exact) mass is 392 g/mol. The SMILES string of the molecule is CCN(CC)S(=O)(=O)c1ccc(Oc2ccc(C(C)=O)cc2)c([N+](=O)[O-])c1. The molecule has 27 heavy (non-hydrogen) atoms. The lowest BCUT2D eigenvalue weighted by Gasteiger charge is -2.18. The summed E-state index contributed by atoms with van der Waals surface area (Å²) in [6.45, 7) is 5.33. The summed E-state index contributed by atoms with van der Waals surface area (Å²) in [5.74, 6) is 0.0926. The van der Waals surface area contributed by atoms with Crippen LogP contribution in [-0.2, 0) is 10.0 Å². The van der Waals surface area contributed by atoms with Crippen molar-refractivity contribution >= 4 is 21.5 Å². The molecule has 0 aliphatic carbocycles. The van der Waals surface area contributed by atoms with Crippen LogP contribution in [-0.4, -0.2) is 36.5 Å². The fourth-order valence-corrected chi connectivity index (χ4v) is 3.96. The third-order valence-electron chi connectivity index (χ3n) is 3.96. The number of nitro benzene ring substituents is 1. The van der Waals surface area contributed by atoms with Gasteiger partial charge in [0.1, 0.15) is 5.75 Å². The first-order chi connectivity index (χ1) is 12.7. The molecule has 2 rings (SSSR count). The summed E-state index contributed by atoms with van der Waals surface area (Å²) in [5.41, 5.74) is 0.0244. The van der Waals surface area contributed by atoms with Gasteiger partial charge in [0.2, 0.25) is 15.8 Å². The highest BCUT2D eigenvalue weighted by atomic mass is 32.2. The summed E-state index contributed by atoms with van der Waals surface area (Å²) in [4.78, 5) is 21.9. The molecule has 0 amide bonds. The number of ether oxygens (including phenoxy) is 1. The average Bonchev–Trinajstić information content (AvgIpc) is 2.63. The number of Topliss-reactive ketones (excluding diaryl/α,β-unsaturated/α-hetero) is 1. The van der Waals surface area contributed by atoms with Crippen molar-refractivity contribution in [1.82, 2.24) is 4.31 Å². The third kappa shape index (κ3) is 4.50. The average molecular weight is 392 g/mol. The minimum atomic E-state index is -3.83. The molecule has 8 nitrogen and oxygen atoms in total. The summed E-state index contributed by atoms with van der Waals surface area (Å²) >= 11 is 0. The predicted molar refractivity (Wildman–Crippen MR) is 99.7 cm³/mol. The maximum Gasteiger partial charge on any atom is 0.312 e. The minimum absolute atomic E-state index is 0.0888. The van der Waals surface area contributed by atoms with E-state index in [1.54, 1.807) is 26.0 Å². The van der Waals surface area contributed by atoms with E-state index in [0.717, 1.165) is 6.07 Å². The van der Waals surface area contributed by atoms with Crippen molar-refractivity contribution in [3.8, 4) is 11.5 Å². The highest BCUT2D eigenvalue weighted by Crippen LogP contribution is 2.34. The highest BCUT2D eigenvalue weighted by molar-refractivity contribution is 7.89. The highest BCUT2D eigenvalue weighted by Gasteiger charge is 2.26. The number of nitrogens with zero attached hydrogens (tertiary/aromatic N) is 2. The summed E-state index contributed by atoms with van der Waals surface area (Å²) in [7, 11) is -3.83. The van der Waals surface area contributed by atoms with Gasteiger partial charge in [0, 0.05) is 24.7 Å². The van der Waals surface area contributed by atoms with Crippen LogP contribution in [0, 0.1) is 10.1 Å². The Bertz CT molecular complexity index is 950. The molecule has 2 aromatic rings. The number of carbonyl (C=O) groups excluding carboxylic acids is 1. The number of nitro groups is 1. The topological polar surface area (TPSA) is 107 Å². The first-order valence-electron chi connectivity index (χ1n) is 8.28. The molecule has 0 unspecified atom stereocenters. The van der Waals surface area contributed by atoms with Crippen LogP contribution in [0.1, 0.15) is 31.1 Å². The van der Waals surface area contributed by atoms with Crippen LogP contribution in [0.25, 0.3) is 0 Å². The van der Waals surface area contributed by atoms with Crippen molar-refractivity contribution in [3.63, 3.8) is 0 Å². The van der Waals surface area contributed by atoms with Gasteiger partial charge in [0.25, 0.3) is 0 Å². The largest absolute Gasteiger partial charge is 0.450 e. The fourth-order valence-electron chi connectivity index (χ4n) is 2.48. The van der Waals surface area contributed by atoms with Crippen LogP contribution < -0.4 is 4.74 Å². The van der Waals surface area contributed by atoms with Gasteiger partial charge in [0.15, 0.2) is 5.78 Å². The van der Waals surface area contributed by atoms with Crippen molar-refractivity contribution in [1.29, 1.82) is 0 Å². The molecular weight excluding hydrogens is 372 g/mol. The number of ketones is 1. The summed E-state index contributed by atoms with van der Waals surface area (Å²) in [6.07, 6.45) is 0. The number of hydrogen-bond donors (Lipinski definition) is 0. The smallest absolute Gasteiger partial charge is 0.312 e. The standard InChI is InChI=1S/C18H20N2O6S/c1-4-19(5-2)27(24,25)16-10-11-18(17(12-16)20(22)23)26-15-8-6-14(7-9-15)13(3)21/h6-12H,4-5H2,1-3H3. The van der Waals surface area contributed by atoms with Crippen molar-refractivity contribution in [2.24, 2.45) is 0 Å². The maximum atomic E-state index is 12.6. The predicted octanol–water partition coefficient (Wildman–Crippen LogP) is 3.62. The second-order valence-corrected chi connectivity index (χ2v) is 7.60. The van der Waals surface area contributed by atoms with Crippen LogP contribution in [0.4, 0.5) is 5.69 Å². The second kappa shape index (κ2) is 8.28. The zero-order chi connectivity index (χ0) is 20.2. The van der Waals surface area contributed by atoms with E-state index in [-0.39, 0.29) is 29.5 Å². The van der Waals surface area contributed by atoms with E-state index in [2.05, 4.69) is 0 Å². The molecule has 0 aliphatic heterocycles. The Hall–Kier alpha value is -2.78. The molecule has 0 saturated carbocycles. The normalized spacial score (nSPS) is 11.4. The van der Waals surface area contributed by atoms with Crippen molar-refractivity contribution < 1.29 is 22.9 Å². The Morgan fingerprint density at radius 1 is 1.11 bits per heavy atom. The number of carbonyl (C=O) groups is 1. The van der Waals surface area contributed by atoms with Gasteiger partial charge in [-0.3, -0.25) is 14.9 Å². The molecule has 0 atom stereocenters. The van der Waals surface area contributed by atoms with E-state index in [4.69, 9.17) is 4.74 Å². The lowest BCUT2D eigenvalue weighted by Crippen LogP contribution is -2.30. The molecule has 0 bridgehead atoms. The van der Waals surface area contributed by atoms with Gasteiger partial charge in [-0.1, -0.05) is 13.8 Å². The van der Waals surface area contributed by atoms with Crippen LogP contribution in [0.5, 0.6) is 11.5 Å². The molecule has 2 aromatic carbocycles. The Kier molecular flexibility index (Phi) is 6.29. The minimum Gasteiger partial charge on any atom is -0.450 e. The summed E-state index contributed by atoms with van der Waals surface area (Å²) < 4.78 is 31.9. The maximum absolute atomic E-state index is 12.6. The first kappa shape index (κ1) is 20.5. The Labute approximate surface area is 157 Å². The molecule has 0 heterocycles. The molecule has 0 N–H and O–H groups in total. The van der Waals surface area contributed by atoms with Crippen LogP contribution in [0.15, 0.2) is 47.4 Å². The number of sulfonamides is 1. The lowest BCUT2D eigenvalue weighted by atomic mass is 10.1. The second-order valence-electron chi connectivity index (χ2n) is 5.66. The zero-order valence-electron chi connectivity index (χ0n) is 15.2. The molecule has 0 fully saturated rings. The fraction of sp³-hybridized carbons (Fsp3) is 0.278. The van der Waals surface area contributed by atoms with Crippen molar-refractivity contribution in [2.45, 2.75) is 25.7 Å². The third-order valence-corrected chi connectivity index (χ3v) is 6.00. The molecule has 0 aromatic heterocycles. The summed E-state index contributed by atoms with van der Waals surface area (Å²) in [6, 6.07) is 9.65. The van der Waals surface area contributed by atoms with E-state index in [0.29, 0.717) is 11.3 Å². The van der Waals surface area contributed by atoms with Gasteiger partial charge in [-0.2, -0.15) is 4.31 Å². The van der Waals surface area contributed by atoms with Gasteiger partial charge in [-0.05, 0) is 43.3 Å². The summed E-state index contributed by atoms with van der Waals surface area (Å²) in [5, 5.41) is 11.4. The van der Waals surface area contributed by atoms with Crippen molar-refractivity contribution in [3.05, 3.63) is 58.1 Å². The molecule has 0 aliphatic rings. The van der Waals surface area contributed by atoms with Gasteiger partial charge in [-0.15, -0.1) is 0 Å². The van der Waals surface area contributed by atoms with Crippen LogP contribution in [0.3, 0.4) is 0 Å². The molecule has 0 spiro atoms. The van der Waals surface area contributed by atoms with Gasteiger partial charge >= 0.3 is 5.69 Å².